The van der Waals surface area contributed by atoms with Crippen LogP contribution in [0.15, 0.2) is 42.6 Å². The number of pyridine rings is 1. The third kappa shape index (κ3) is 3.68. The van der Waals surface area contributed by atoms with Gasteiger partial charge in [0.15, 0.2) is 0 Å². The molecule has 5 heteroatoms. The molecule has 0 atom stereocenters. The summed E-state index contributed by atoms with van der Waals surface area (Å²) in [6.45, 7) is 2.10. The molecule has 1 fully saturated rings. The number of rotatable bonds is 4. The van der Waals surface area contributed by atoms with E-state index in [9.17, 15) is 4.79 Å². The van der Waals surface area contributed by atoms with Crippen LogP contribution >= 0.6 is 0 Å². The molecule has 2 N–H and O–H groups in total. The Bertz CT molecular complexity index is 694. The number of nitrogens with two attached hydrogens (primary N) is 1. The third-order valence-corrected chi connectivity index (χ3v) is 4.15. The summed E-state index contributed by atoms with van der Waals surface area (Å²) in [5.41, 5.74) is 7.29. The van der Waals surface area contributed by atoms with Crippen molar-refractivity contribution in [3.63, 3.8) is 0 Å². The van der Waals surface area contributed by atoms with Gasteiger partial charge in [-0.15, -0.1) is 0 Å². The van der Waals surface area contributed by atoms with Gasteiger partial charge in [-0.2, -0.15) is 0 Å². The maximum atomic E-state index is 11.6. The molecule has 3 rings (SSSR count). The lowest BCUT2D eigenvalue weighted by molar-refractivity contribution is 0.100. The van der Waals surface area contributed by atoms with Crippen LogP contribution in [0.1, 0.15) is 23.2 Å². The van der Waals surface area contributed by atoms with Crippen molar-refractivity contribution in [2.24, 2.45) is 5.73 Å². The standard InChI is InChI=1S/C18H21N3O2/c1-21-10-7-14(8-11-21)23-15-5-2-4-13(12-15)17-16(18(19)22)6-3-9-20-17/h2-6,9,12,14H,7-8,10-11H2,1H3,(H2,19,22). The van der Waals surface area contributed by atoms with Crippen LogP contribution in [-0.4, -0.2) is 42.0 Å². The lowest BCUT2D eigenvalue weighted by Gasteiger charge is -2.29. The normalized spacial score (nSPS) is 16.2. The molecular formula is C18H21N3O2. The van der Waals surface area contributed by atoms with E-state index in [2.05, 4.69) is 16.9 Å². The predicted octanol–water partition coefficient (Wildman–Crippen LogP) is 2.32. The first-order chi connectivity index (χ1) is 11.1. The maximum absolute atomic E-state index is 11.6. The minimum absolute atomic E-state index is 0.237. The molecule has 1 aromatic carbocycles. The van der Waals surface area contributed by atoms with Gasteiger partial charge >= 0.3 is 0 Å². The van der Waals surface area contributed by atoms with Crippen molar-refractivity contribution in [1.82, 2.24) is 9.88 Å². The van der Waals surface area contributed by atoms with Gasteiger partial charge in [0.2, 0.25) is 0 Å². The Balaban J connectivity index is 1.82. The van der Waals surface area contributed by atoms with E-state index in [-0.39, 0.29) is 6.10 Å². The number of benzene rings is 1. The Kier molecular flexibility index (Phi) is 4.57. The zero-order chi connectivity index (χ0) is 16.2. The second-order valence-corrected chi connectivity index (χ2v) is 5.91. The lowest BCUT2D eigenvalue weighted by Crippen LogP contribution is -2.35. The number of hydrogen-bond donors (Lipinski definition) is 1. The SMILES string of the molecule is CN1CCC(Oc2cccc(-c3ncccc3C(N)=O)c2)CC1. The first-order valence-electron chi connectivity index (χ1n) is 7.84. The number of amides is 1. The van der Waals surface area contributed by atoms with Gasteiger partial charge in [-0.05, 0) is 44.2 Å². The summed E-state index contributed by atoms with van der Waals surface area (Å²) < 4.78 is 6.10. The van der Waals surface area contributed by atoms with E-state index >= 15 is 0 Å². The van der Waals surface area contributed by atoms with Crippen molar-refractivity contribution in [2.45, 2.75) is 18.9 Å². The Morgan fingerprint density at radius 1 is 1.26 bits per heavy atom. The van der Waals surface area contributed by atoms with Crippen LogP contribution in [0.2, 0.25) is 0 Å². The van der Waals surface area contributed by atoms with Crippen LogP contribution in [0.4, 0.5) is 0 Å². The van der Waals surface area contributed by atoms with E-state index in [1.54, 1.807) is 18.3 Å². The van der Waals surface area contributed by atoms with Crippen molar-refractivity contribution in [3.05, 3.63) is 48.2 Å². The molecule has 5 nitrogen and oxygen atoms in total. The van der Waals surface area contributed by atoms with Gasteiger partial charge in [0.05, 0.1) is 11.3 Å². The largest absolute Gasteiger partial charge is 0.490 e. The van der Waals surface area contributed by atoms with Crippen molar-refractivity contribution >= 4 is 5.91 Å². The van der Waals surface area contributed by atoms with E-state index < -0.39 is 5.91 Å². The van der Waals surface area contributed by atoms with Crippen molar-refractivity contribution < 1.29 is 9.53 Å². The molecule has 1 saturated heterocycles. The minimum Gasteiger partial charge on any atom is -0.490 e. The van der Waals surface area contributed by atoms with E-state index in [0.717, 1.165) is 37.2 Å². The molecule has 120 valence electrons. The number of carbonyl (C=O) groups is 1. The second kappa shape index (κ2) is 6.79. The zero-order valence-electron chi connectivity index (χ0n) is 13.2. The average Bonchev–Trinajstić information content (AvgIpc) is 2.57. The highest BCUT2D eigenvalue weighted by Crippen LogP contribution is 2.26. The Morgan fingerprint density at radius 2 is 2.04 bits per heavy atom. The van der Waals surface area contributed by atoms with Gasteiger partial charge in [0, 0.05) is 24.8 Å². The van der Waals surface area contributed by atoms with Crippen molar-refractivity contribution in [2.75, 3.05) is 20.1 Å². The minimum atomic E-state index is -0.477. The quantitative estimate of drug-likeness (QED) is 0.941. The average molecular weight is 311 g/mol. The van der Waals surface area contributed by atoms with Crippen LogP contribution < -0.4 is 10.5 Å². The first kappa shape index (κ1) is 15.5. The summed E-state index contributed by atoms with van der Waals surface area (Å²) in [7, 11) is 2.13. The molecule has 0 saturated carbocycles. The fourth-order valence-electron chi connectivity index (χ4n) is 2.85. The van der Waals surface area contributed by atoms with Gasteiger partial charge in [0.25, 0.3) is 5.91 Å². The van der Waals surface area contributed by atoms with E-state index in [1.165, 1.54) is 0 Å². The molecule has 1 aromatic heterocycles. The number of hydrogen-bond acceptors (Lipinski definition) is 4. The summed E-state index contributed by atoms with van der Waals surface area (Å²) >= 11 is 0. The summed E-state index contributed by atoms with van der Waals surface area (Å²) in [5.74, 6) is 0.327. The second-order valence-electron chi connectivity index (χ2n) is 5.91. The molecular weight excluding hydrogens is 290 g/mol. The van der Waals surface area contributed by atoms with Gasteiger partial charge in [0.1, 0.15) is 11.9 Å². The van der Waals surface area contributed by atoms with Crippen LogP contribution in [0.25, 0.3) is 11.3 Å². The summed E-state index contributed by atoms with van der Waals surface area (Å²) in [6, 6.07) is 11.1. The topological polar surface area (TPSA) is 68.4 Å². The molecule has 0 radical (unpaired) electrons. The number of nitrogens with zero attached hydrogens (tertiary/aromatic N) is 2. The fraction of sp³-hybridized carbons (Fsp3) is 0.333. The number of piperidine rings is 1. The van der Waals surface area contributed by atoms with E-state index in [1.807, 2.05) is 24.3 Å². The number of primary amides is 1. The van der Waals surface area contributed by atoms with Gasteiger partial charge in [-0.1, -0.05) is 12.1 Å². The van der Waals surface area contributed by atoms with Crippen LogP contribution in [0.3, 0.4) is 0 Å². The van der Waals surface area contributed by atoms with Gasteiger partial charge in [-0.25, -0.2) is 0 Å². The van der Waals surface area contributed by atoms with Crippen LogP contribution in [0, 0.1) is 0 Å². The van der Waals surface area contributed by atoms with Crippen molar-refractivity contribution in [3.8, 4) is 17.0 Å². The monoisotopic (exact) mass is 311 g/mol. The Labute approximate surface area is 136 Å². The summed E-state index contributed by atoms with van der Waals surface area (Å²) in [5, 5.41) is 0. The Morgan fingerprint density at radius 3 is 2.78 bits per heavy atom. The molecule has 1 aliphatic rings. The number of carbonyl (C=O) groups excluding carboxylic acids is 1. The number of likely N-dealkylation sites (tertiary alicyclic amines) is 1. The highest BCUT2D eigenvalue weighted by atomic mass is 16.5. The number of ether oxygens (including phenoxy) is 1. The van der Waals surface area contributed by atoms with E-state index in [0.29, 0.717) is 11.3 Å². The van der Waals surface area contributed by atoms with Crippen molar-refractivity contribution in [1.29, 1.82) is 0 Å². The van der Waals surface area contributed by atoms with E-state index in [4.69, 9.17) is 10.5 Å². The molecule has 0 aliphatic carbocycles. The smallest absolute Gasteiger partial charge is 0.250 e. The molecule has 2 aromatic rings. The van der Waals surface area contributed by atoms with Crippen LogP contribution in [-0.2, 0) is 0 Å². The molecule has 0 unspecified atom stereocenters. The molecule has 1 amide bonds. The Hall–Kier alpha value is -2.40. The first-order valence-corrected chi connectivity index (χ1v) is 7.84. The molecule has 0 spiro atoms. The lowest BCUT2D eigenvalue weighted by atomic mass is 10.0. The highest BCUT2D eigenvalue weighted by molar-refractivity contribution is 5.98. The molecule has 0 bridgehead atoms. The maximum Gasteiger partial charge on any atom is 0.250 e. The number of aromatic nitrogens is 1. The zero-order valence-corrected chi connectivity index (χ0v) is 13.2. The predicted molar refractivity (Wildman–Crippen MR) is 89.3 cm³/mol. The third-order valence-electron chi connectivity index (χ3n) is 4.15. The molecule has 1 aliphatic heterocycles. The fourth-order valence-corrected chi connectivity index (χ4v) is 2.85. The highest BCUT2D eigenvalue weighted by Gasteiger charge is 2.18. The van der Waals surface area contributed by atoms with Gasteiger partial charge in [-0.3, -0.25) is 9.78 Å². The summed E-state index contributed by atoms with van der Waals surface area (Å²) in [6.07, 6.45) is 3.95. The van der Waals surface area contributed by atoms with Crippen LogP contribution in [0.5, 0.6) is 5.75 Å². The molecule has 23 heavy (non-hydrogen) atoms. The molecule has 2 heterocycles. The van der Waals surface area contributed by atoms with Gasteiger partial charge < -0.3 is 15.4 Å². The summed E-state index contributed by atoms with van der Waals surface area (Å²) in [4.78, 5) is 18.2.